The third-order valence-corrected chi connectivity index (χ3v) is 2.92. The topological polar surface area (TPSA) is 76.5 Å². The number of furan rings is 1. The largest absolute Gasteiger partial charge is 0.481 e. The second kappa shape index (κ2) is 4.77. The zero-order valence-corrected chi connectivity index (χ0v) is 9.78. The highest BCUT2D eigenvalue weighted by atomic mass is 35.5. The third kappa shape index (κ3) is 2.43. The van der Waals surface area contributed by atoms with E-state index in [1.807, 2.05) is 12.1 Å². The number of aliphatic carboxylic acids is 1. The average Bonchev–Trinajstić information content (AvgIpc) is 2.70. The fourth-order valence-corrected chi connectivity index (χ4v) is 1.98. The van der Waals surface area contributed by atoms with Gasteiger partial charge in [-0.15, -0.1) is 0 Å². The molecule has 0 saturated carbocycles. The van der Waals surface area contributed by atoms with Crippen LogP contribution in [0.15, 0.2) is 28.7 Å². The number of carbonyl (C=O) groups is 1. The van der Waals surface area contributed by atoms with E-state index in [4.69, 9.17) is 26.9 Å². The molecule has 4 nitrogen and oxygen atoms in total. The second-order valence-corrected chi connectivity index (χ2v) is 4.24. The molecule has 1 unspecified atom stereocenters. The highest BCUT2D eigenvalue weighted by molar-refractivity contribution is 6.34. The molecule has 0 aliphatic carbocycles. The van der Waals surface area contributed by atoms with E-state index in [1.165, 1.54) is 0 Å². The molecule has 1 aromatic carbocycles. The molecule has 0 radical (unpaired) electrons. The summed E-state index contributed by atoms with van der Waals surface area (Å²) < 4.78 is 5.58. The van der Waals surface area contributed by atoms with Crippen LogP contribution < -0.4 is 5.73 Å². The van der Waals surface area contributed by atoms with E-state index in [0.717, 1.165) is 5.39 Å². The van der Waals surface area contributed by atoms with Gasteiger partial charge in [-0.2, -0.15) is 0 Å². The van der Waals surface area contributed by atoms with Gasteiger partial charge in [0.05, 0.1) is 11.4 Å². The molecule has 0 spiro atoms. The Balaban J connectivity index is 2.41. The molecule has 0 bridgehead atoms. The van der Waals surface area contributed by atoms with Crippen LogP contribution in [0.2, 0.25) is 5.02 Å². The number of halogens is 1. The first kappa shape index (κ1) is 12.0. The Bertz CT molecular complexity index is 550. The van der Waals surface area contributed by atoms with Crippen molar-refractivity contribution < 1.29 is 14.3 Å². The maximum absolute atomic E-state index is 10.7. The zero-order valence-electron chi connectivity index (χ0n) is 9.02. The summed E-state index contributed by atoms with van der Waals surface area (Å²) >= 11 is 5.98. The van der Waals surface area contributed by atoms with Crippen LogP contribution in [0.3, 0.4) is 0 Å². The molecule has 3 N–H and O–H groups in total. The molecule has 0 aliphatic rings. The van der Waals surface area contributed by atoms with E-state index in [-0.39, 0.29) is 18.9 Å². The molecular weight excluding hydrogens is 242 g/mol. The Morgan fingerprint density at radius 2 is 2.29 bits per heavy atom. The fraction of sp³-hybridized carbons (Fsp3) is 0.250. The minimum absolute atomic E-state index is 0.0477. The summed E-state index contributed by atoms with van der Waals surface area (Å²) in [5.74, 6) is -0.652. The summed E-state index contributed by atoms with van der Waals surface area (Å²) in [6.45, 7) is 0.226. The number of fused-ring (bicyclic) bond motifs is 1. The van der Waals surface area contributed by atoms with E-state index >= 15 is 0 Å². The average molecular weight is 254 g/mol. The maximum atomic E-state index is 10.7. The van der Waals surface area contributed by atoms with Gasteiger partial charge < -0.3 is 15.3 Å². The SMILES string of the molecule is NCC(CC(=O)O)c1cc2cccc(Cl)c2o1. The molecular formula is C12H12ClNO3. The standard InChI is InChI=1S/C12H12ClNO3/c13-9-3-1-2-7-4-10(17-12(7)9)8(6-14)5-11(15)16/h1-4,8H,5-6,14H2,(H,15,16). The Hall–Kier alpha value is -1.52. The number of para-hydroxylation sites is 1. The van der Waals surface area contributed by atoms with Gasteiger partial charge >= 0.3 is 5.97 Å². The van der Waals surface area contributed by atoms with Crippen molar-refractivity contribution in [3.63, 3.8) is 0 Å². The zero-order chi connectivity index (χ0) is 12.4. The normalized spacial score (nSPS) is 12.8. The van der Waals surface area contributed by atoms with Crippen LogP contribution in [-0.4, -0.2) is 17.6 Å². The number of carboxylic acids is 1. The van der Waals surface area contributed by atoms with Gasteiger partial charge in [0, 0.05) is 17.8 Å². The van der Waals surface area contributed by atoms with Crippen molar-refractivity contribution in [2.24, 2.45) is 5.73 Å². The lowest BCUT2D eigenvalue weighted by Gasteiger charge is -2.07. The lowest BCUT2D eigenvalue weighted by molar-refractivity contribution is -0.137. The Morgan fingerprint density at radius 3 is 2.88 bits per heavy atom. The molecule has 17 heavy (non-hydrogen) atoms. The highest BCUT2D eigenvalue weighted by Crippen LogP contribution is 2.30. The van der Waals surface area contributed by atoms with Crippen LogP contribution in [0.5, 0.6) is 0 Å². The van der Waals surface area contributed by atoms with Crippen LogP contribution >= 0.6 is 11.6 Å². The van der Waals surface area contributed by atoms with Crippen LogP contribution in [-0.2, 0) is 4.79 Å². The summed E-state index contributed by atoms with van der Waals surface area (Å²) in [7, 11) is 0. The molecule has 2 rings (SSSR count). The molecule has 90 valence electrons. The predicted octanol–water partition coefficient (Wildman–Crippen LogP) is 2.60. The third-order valence-electron chi connectivity index (χ3n) is 2.62. The van der Waals surface area contributed by atoms with Gasteiger partial charge in [-0.25, -0.2) is 0 Å². The molecule has 0 saturated heterocycles. The molecule has 1 heterocycles. The van der Waals surface area contributed by atoms with E-state index in [0.29, 0.717) is 16.4 Å². The first-order chi connectivity index (χ1) is 8.11. The summed E-state index contributed by atoms with van der Waals surface area (Å²) in [6, 6.07) is 7.20. The number of hydrogen-bond acceptors (Lipinski definition) is 3. The predicted molar refractivity (Wildman–Crippen MR) is 65.3 cm³/mol. The van der Waals surface area contributed by atoms with Gasteiger partial charge in [0.2, 0.25) is 0 Å². The number of rotatable bonds is 4. The summed E-state index contributed by atoms with van der Waals surface area (Å²) in [5.41, 5.74) is 6.13. The minimum atomic E-state index is -0.896. The first-order valence-electron chi connectivity index (χ1n) is 5.21. The van der Waals surface area contributed by atoms with Crippen molar-refractivity contribution >= 4 is 28.5 Å². The monoisotopic (exact) mass is 253 g/mol. The maximum Gasteiger partial charge on any atom is 0.304 e. The number of benzene rings is 1. The Kier molecular flexibility index (Phi) is 3.36. The number of hydrogen-bond donors (Lipinski definition) is 2. The van der Waals surface area contributed by atoms with Crippen molar-refractivity contribution in [3.05, 3.63) is 35.0 Å². The van der Waals surface area contributed by atoms with Crippen LogP contribution in [0.1, 0.15) is 18.1 Å². The van der Waals surface area contributed by atoms with Gasteiger partial charge in [-0.3, -0.25) is 4.79 Å². The lowest BCUT2D eigenvalue weighted by atomic mass is 10.0. The molecule has 2 aromatic rings. The van der Waals surface area contributed by atoms with Gasteiger partial charge in [-0.05, 0) is 12.1 Å². The quantitative estimate of drug-likeness (QED) is 0.878. The van der Waals surface area contributed by atoms with Gasteiger partial charge in [0.1, 0.15) is 5.76 Å². The van der Waals surface area contributed by atoms with Crippen molar-refractivity contribution in [3.8, 4) is 0 Å². The van der Waals surface area contributed by atoms with Crippen LogP contribution in [0.4, 0.5) is 0 Å². The van der Waals surface area contributed by atoms with Crippen molar-refractivity contribution in [1.29, 1.82) is 0 Å². The van der Waals surface area contributed by atoms with Crippen LogP contribution in [0, 0.1) is 0 Å². The van der Waals surface area contributed by atoms with Crippen molar-refractivity contribution in [2.75, 3.05) is 6.54 Å². The van der Waals surface area contributed by atoms with E-state index in [2.05, 4.69) is 0 Å². The van der Waals surface area contributed by atoms with Gasteiger partial charge in [-0.1, -0.05) is 23.7 Å². The van der Waals surface area contributed by atoms with Gasteiger partial charge in [0.15, 0.2) is 5.58 Å². The smallest absolute Gasteiger partial charge is 0.304 e. The summed E-state index contributed by atoms with van der Waals surface area (Å²) in [4.78, 5) is 10.7. The van der Waals surface area contributed by atoms with Crippen molar-refractivity contribution in [1.82, 2.24) is 0 Å². The number of nitrogens with two attached hydrogens (primary N) is 1. The fourth-order valence-electron chi connectivity index (χ4n) is 1.76. The molecule has 1 aromatic heterocycles. The summed E-state index contributed by atoms with van der Waals surface area (Å²) in [5, 5.41) is 10.2. The van der Waals surface area contributed by atoms with E-state index in [9.17, 15) is 4.79 Å². The first-order valence-corrected chi connectivity index (χ1v) is 5.59. The van der Waals surface area contributed by atoms with E-state index < -0.39 is 5.97 Å². The molecule has 1 atom stereocenters. The molecule has 0 aliphatic heterocycles. The van der Waals surface area contributed by atoms with E-state index in [1.54, 1.807) is 12.1 Å². The Labute approximate surface area is 103 Å². The molecule has 0 amide bonds. The van der Waals surface area contributed by atoms with Gasteiger partial charge in [0.25, 0.3) is 0 Å². The second-order valence-electron chi connectivity index (χ2n) is 3.84. The minimum Gasteiger partial charge on any atom is -0.481 e. The Morgan fingerprint density at radius 1 is 1.53 bits per heavy atom. The van der Waals surface area contributed by atoms with Crippen molar-refractivity contribution in [2.45, 2.75) is 12.3 Å². The lowest BCUT2D eigenvalue weighted by Crippen LogP contribution is -2.15. The molecule has 0 fully saturated rings. The molecule has 5 heteroatoms. The highest BCUT2D eigenvalue weighted by Gasteiger charge is 2.18. The number of carboxylic acid groups (broad SMARTS) is 1. The summed E-state index contributed by atoms with van der Waals surface area (Å²) in [6.07, 6.45) is -0.0477. The van der Waals surface area contributed by atoms with Crippen LogP contribution in [0.25, 0.3) is 11.0 Å².